The molecule has 0 aromatic carbocycles. The molecule has 2 aromatic rings. The maximum Gasteiger partial charge on any atom is 0.322 e. The summed E-state index contributed by atoms with van der Waals surface area (Å²) in [7, 11) is 2.52. The average Bonchev–Trinajstić information content (AvgIpc) is 2.82. The Morgan fingerprint density at radius 2 is 1.39 bits per heavy atom. The molecule has 0 saturated carbocycles. The van der Waals surface area contributed by atoms with Gasteiger partial charge in [0, 0.05) is 25.5 Å². The highest BCUT2D eigenvalue weighted by Gasteiger charge is 2.78. The first-order valence-corrected chi connectivity index (χ1v) is 10.0. The average molecular weight is 422 g/mol. The van der Waals surface area contributed by atoms with Crippen molar-refractivity contribution in [2.45, 2.75) is 12.1 Å². The molecule has 31 heavy (non-hydrogen) atoms. The molecule has 4 atom stereocenters. The third-order valence-corrected chi connectivity index (χ3v) is 6.75. The SMILES string of the molecule is COC(=O)C12CN3CN(C1c1ccccn1)C(c1ccccn1)C(C(=O)OC)(C3)C2=O. The van der Waals surface area contributed by atoms with E-state index in [1.807, 2.05) is 21.9 Å². The van der Waals surface area contributed by atoms with Crippen LogP contribution in [0.15, 0.2) is 48.8 Å². The predicted molar refractivity (Wildman–Crippen MR) is 106 cm³/mol. The number of esters is 2. The molecule has 6 heterocycles. The summed E-state index contributed by atoms with van der Waals surface area (Å²) in [5, 5.41) is 0. The second-order valence-electron chi connectivity index (χ2n) is 8.21. The topological polar surface area (TPSA) is 102 Å². The van der Waals surface area contributed by atoms with Crippen molar-refractivity contribution in [1.29, 1.82) is 0 Å². The maximum absolute atomic E-state index is 14.3. The summed E-state index contributed by atoms with van der Waals surface area (Å²) in [4.78, 5) is 53.7. The summed E-state index contributed by atoms with van der Waals surface area (Å²) in [5.41, 5.74) is -2.05. The summed E-state index contributed by atoms with van der Waals surface area (Å²) >= 11 is 0. The van der Waals surface area contributed by atoms with Crippen LogP contribution < -0.4 is 0 Å². The lowest BCUT2D eigenvalue weighted by Gasteiger charge is -2.66. The van der Waals surface area contributed by atoms with Crippen molar-refractivity contribution < 1.29 is 23.9 Å². The van der Waals surface area contributed by atoms with Gasteiger partial charge in [-0.15, -0.1) is 0 Å². The number of ketones is 1. The largest absolute Gasteiger partial charge is 0.468 e. The van der Waals surface area contributed by atoms with Gasteiger partial charge in [-0.2, -0.15) is 0 Å². The molecule has 4 aliphatic rings. The van der Waals surface area contributed by atoms with Crippen LogP contribution in [-0.2, 0) is 23.9 Å². The first kappa shape index (κ1) is 19.8. The van der Waals surface area contributed by atoms with Gasteiger partial charge in [-0.25, -0.2) is 0 Å². The molecule has 6 rings (SSSR count). The molecule has 160 valence electrons. The van der Waals surface area contributed by atoms with E-state index in [0.717, 1.165) is 0 Å². The predicted octanol–water partition coefficient (Wildman–Crippen LogP) is 0.749. The summed E-state index contributed by atoms with van der Waals surface area (Å²) in [6, 6.07) is 9.37. The van der Waals surface area contributed by atoms with Crippen LogP contribution >= 0.6 is 0 Å². The van der Waals surface area contributed by atoms with Gasteiger partial charge in [0.05, 0.1) is 44.4 Å². The maximum atomic E-state index is 14.3. The lowest BCUT2D eigenvalue weighted by Crippen LogP contribution is -2.81. The van der Waals surface area contributed by atoms with Gasteiger partial charge < -0.3 is 9.47 Å². The van der Waals surface area contributed by atoms with E-state index in [0.29, 0.717) is 18.1 Å². The molecule has 9 heteroatoms. The second kappa shape index (κ2) is 6.93. The molecule has 2 aromatic heterocycles. The molecule has 0 N–H and O–H groups in total. The number of pyridine rings is 2. The number of nitrogens with zero attached hydrogens (tertiary/aromatic N) is 4. The molecule has 0 spiro atoms. The van der Waals surface area contributed by atoms with Crippen molar-refractivity contribution in [3.8, 4) is 0 Å². The first-order valence-electron chi connectivity index (χ1n) is 10.0. The Hall–Kier alpha value is -3.17. The number of aromatic nitrogens is 2. The highest BCUT2D eigenvalue weighted by Crippen LogP contribution is 2.63. The van der Waals surface area contributed by atoms with Gasteiger partial charge in [0.1, 0.15) is 0 Å². The van der Waals surface area contributed by atoms with E-state index in [4.69, 9.17) is 9.47 Å². The highest BCUT2D eigenvalue weighted by molar-refractivity contribution is 6.18. The first-order chi connectivity index (χ1) is 15.0. The van der Waals surface area contributed by atoms with E-state index in [2.05, 4.69) is 9.97 Å². The van der Waals surface area contributed by atoms with Crippen molar-refractivity contribution in [3.63, 3.8) is 0 Å². The fourth-order valence-corrected chi connectivity index (χ4v) is 5.76. The Bertz CT molecular complexity index is 969. The number of carbonyl (C=O) groups is 3. The lowest BCUT2D eigenvalue weighted by molar-refractivity contribution is -0.233. The van der Waals surface area contributed by atoms with E-state index in [1.54, 1.807) is 36.7 Å². The van der Waals surface area contributed by atoms with E-state index < -0.39 is 40.6 Å². The van der Waals surface area contributed by atoms with Crippen molar-refractivity contribution in [1.82, 2.24) is 19.8 Å². The van der Waals surface area contributed by atoms with Gasteiger partial charge in [-0.3, -0.25) is 34.2 Å². The minimum absolute atomic E-state index is 0.157. The van der Waals surface area contributed by atoms with Crippen LogP contribution in [0.5, 0.6) is 0 Å². The molecule has 4 fully saturated rings. The van der Waals surface area contributed by atoms with Crippen LogP contribution in [0.2, 0.25) is 0 Å². The van der Waals surface area contributed by atoms with Gasteiger partial charge in [0.15, 0.2) is 16.6 Å². The van der Waals surface area contributed by atoms with Crippen LogP contribution in [-0.4, -0.2) is 71.5 Å². The summed E-state index contributed by atoms with van der Waals surface area (Å²) < 4.78 is 10.3. The van der Waals surface area contributed by atoms with Crippen LogP contribution in [0.25, 0.3) is 0 Å². The summed E-state index contributed by atoms with van der Waals surface area (Å²) in [6.07, 6.45) is 3.26. The molecule has 4 aliphatic heterocycles. The Labute approximate surface area is 179 Å². The van der Waals surface area contributed by atoms with Gasteiger partial charge in [0.2, 0.25) is 0 Å². The molecule has 4 bridgehead atoms. The Kier molecular flexibility index (Phi) is 4.42. The van der Waals surface area contributed by atoms with Crippen molar-refractivity contribution >= 4 is 17.7 Å². The minimum Gasteiger partial charge on any atom is -0.468 e. The van der Waals surface area contributed by atoms with Crippen molar-refractivity contribution in [3.05, 3.63) is 60.2 Å². The number of ether oxygens (including phenoxy) is 2. The molecule has 0 aliphatic carbocycles. The molecule has 9 nitrogen and oxygen atoms in total. The zero-order chi connectivity index (χ0) is 21.8. The smallest absolute Gasteiger partial charge is 0.322 e. The van der Waals surface area contributed by atoms with E-state index in [1.165, 1.54) is 14.2 Å². The molecular weight excluding hydrogens is 400 g/mol. The molecule has 0 amide bonds. The van der Waals surface area contributed by atoms with Crippen LogP contribution in [0.1, 0.15) is 23.5 Å². The van der Waals surface area contributed by atoms with Gasteiger partial charge in [-0.05, 0) is 24.3 Å². The van der Waals surface area contributed by atoms with Gasteiger partial charge in [0.25, 0.3) is 0 Å². The van der Waals surface area contributed by atoms with Crippen LogP contribution in [0.4, 0.5) is 0 Å². The number of hydrogen-bond acceptors (Lipinski definition) is 9. The van der Waals surface area contributed by atoms with Gasteiger partial charge >= 0.3 is 11.9 Å². The number of rotatable bonds is 4. The standard InChI is InChI=1S/C22H22N4O5/c1-30-19(28)21-11-25-12-22(18(21)27,20(29)31-2)17(15-8-4-6-10-24-15)26(13-25)16(21)14-7-3-5-9-23-14/h3-10,16-17H,11-13H2,1-2H3. The molecule has 4 saturated heterocycles. The summed E-state index contributed by atoms with van der Waals surface area (Å²) in [5.74, 6) is -1.83. The fraction of sp³-hybridized carbons (Fsp3) is 0.409. The Morgan fingerprint density at radius 3 is 1.77 bits per heavy atom. The van der Waals surface area contributed by atoms with E-state index >= 15 is 0 Å². The monoisotopic (exact) mass is 422 g/mol. The normalized spacial score (nSPS) is 35.6. The van der Waals surface area contributed by atoms with Crippen molar-refractivity contribution in [2.75, 3.05) is 34.0 Å². The lowest BCUT2D eigenvalue weighted by atomic mass is 9.53. The fourth-order valence-electron chi connectivity index (χ4n) is 5.76. The molecule has 4 unspecified atom stereocenters. The summed E-state index contributed by atoms with van der Waals surface area (Å²) in [6.45, 7) is 0.765. The van der Waals surface area contributed by atoms with Gasteiger partial charge in [-0.1, -0.05) is 12.1 Å². The van der Waals surface area contributed by atoms with Crippen LogP contribution in [0, 0.1) is 10.8 Å². The number of carbonyl (C=O) groups excluding carboxylic acids is 3. The Morgan fingerprint density at radius 1 is 0.903 bits per heavy atom. The highest BCUT2D eigenvalue weighted by atomic mass is 16.5. The van der Waals surface area contributed by atoms with Crippen LogP contribution in [0.3, 0.4) is 0 Å². The minimum atomic E-state index is -1.60. The number of Topliss-reactive ketones (excluding diaryl/α,β-unsaturated/α-hetero) is 1. The third-order valence-electron chi connectivity index (χ3n) is 6.75. The molecular formula is C22H22N4O5. The van der Waals surface area contributed by atoms with E-state index in [9.17, 15) is 14.4 Å². The third kappa shape index (κ3) is 2.41. The number of hydrogen-bond donors (Lipinski definition) is 0. The quantitative estimate of drug-likeness (QED) is 0.522. The molecule has 0 radical (unpaired) electrons. The second-order valence-corrected chi connectivity index (χ2v) is 8.21. The number of methoxy groups -OCH3 is 2. The zero-order valence-corrected chi connectivity index (χ0v) is 17.2. The Balaban J connectivity index is 1.81. The van der Waals surface area contributed by atoms with Crippen molar-refractivity contribution in [2.24, 2.45) is 10.8 Å². The number of piperidine rings is 2. The van der Waals surface area contributed by atoms with E-state index in [-0.39, 0.29) is 13.1 Å². The zero-order valence-electron chi connectivity index (χ0n) is 17.2.